The molecule has 3 heterocycles. The van der Waals surface area contributed by atoms with Gasteiger partial charge in [-0.15, -0.1) is 0 Å². The number of urea groups is 1. The summed E-state index contributed by atoms with van der Waals surface area (Å²) in [5, 5.41) is 8.53. The average molecular weight is 365 g/mol. The molecule has 4 rings (SSSR count). The SMILES string of the molecule is Cc1nn(C)c(C)c1C1COCCN1C(=O)Nc1cccc2cccnc12. The van der Waals surface area contributed by atoms with Crippen LogP contribution in [-0.4, -0.2) is 45.5 Å². The predicted molar refractivity (Wildman–Crippen MR) is 104 cm³/mol. The summed E-state index contributed by atoms with van der Waals surface area (Å²) in [4.78, 5) is 19.4. The molecule has 7 nitrogen and oxygen atoms in total. The van der Waals surface area contributed by atoms with Gasteiger partial charge in [-0.1, -0.05) is 18.2 Å². The van der Waals surface area contributed by atoms with E-state index in [0.717, 1.165) is 27.9 Å². The Morgan fingerprint density at radius 3 is 2.85 bits per heavy atom. The van der Waals surface area contributed by atoms with Crippen molar-refractivity contribution in [2.75, 3.05) is 25.1 Å². The molecule has 1 unspecified atom stereocenters. The average Bonchev–Trinajstić information content (AvgIpc) is 2.93. The Morgan fingerprint density at radius 1 is 1.26 bits per heavy atom. The second-order valence-corrected chi connectivity index (χ2v) is 6.80. The van der Waals surface area contributed by atoms with Crippen molar-refractivity contribution in [1.29, 1.82) is 0 Å². The lowest BCUT2D eigenvalue weighted by atomic mass is 10.0. The molecule has 1 saturated heterocycles. The maximum absolute atomic E-state index is 13.1. The number of ether oxygens (including phenoxy) is 1. The molecule has 0 radical (unpaired) electrons. The number of pyridine rings is 1. The zero-order chi connectivity index (χ0) is 19.0. The standard InChI is InChI=1S/C20H23N5O2/c1-13-18(14(2)24(3)23-13)17-12-27-11-10-25(17)20(26)22-16-8-4-6-15-7-5-9-21-19(15)16/h4-9,17H,10-12H2,1-3H3,(H,22,26). The van der Waals surface area contributed by atoms with Gasteiger partial charge < -0.3 is 15.0 Å². The van der Waals surface area contributed by atoms with Crippen LogP contribution in [0.5, 0.6) is 0 Å². The second-order valence-electron chi connectivity index (χ2n) is 6.80. The molecule has 2 amide bonds. The van der Waals surface area contributed by atoms with Gasteiger partial charge in [-0.2, -0.15) is 5.10 Å². The van der Waals surface area contributed by atoms with Crippen molar-refractivity contribution < 1.29 is 9.53 Å². The highest BCUT2D eigenvalue weighted by Gasteiger charge is 2.32. The van der Waals surface area contributed by atoms with Crippen molar-refractivity contribution in [3.8, 4) is 0 Å². The molecule has 1 fully saturated rings. The number of carbonyl (C=O) groups is 1. The Hall–Kier alpha value is -2.93. The first-order valence-corrected chi connectivity index (χ1v) is 9.05. The van der Waals surface area contributed by atoms with E-state index in [1.165, 1.54) is 0 Å². The maximum Gasteiger partial charge on any atom is 0.322 e. The van der Waals surface area contributed by atoms with Crippen LogP contribution in [0.15, 0.2) is 36.5 Å². The van der Waals surface area contributed by atoms with Crippen LogP contribution in [-0.2, 0) is 11.8 Å². The van der Waals surface area contributed by atoms with Crippen LogP contribution in [0.3, 0.4) is 0 Å². The lowest BCUT2D eigenvalue weighted by molar-refractivity contribution is 0.0143. The lowest BCUT2D eigenvalue weighted by Gasteiger charge is -2.36. The number of aromatic nitrogens is 3. The first-order valence-electron chi connectivity index (χ1n) is 9.05. The van der Waals surface area contributed by atoms with E-state index in [9.17, 15) is 4.79 Å². The molecule has 27 heavy (non-hydrogen) atoms. The van der Waals surface area contributed by atoms with Crippen LogP contribution >= 0.6 is 0 Å². The number of benzene rings is 1. The summed E-state index contributed by atoms with van der Waals surface area (Å²) in [5.74, 6) is 0. The number of rotatable bonds is 2. The molecule has 1 N–H and O–H groups in total. The minimum Gasteiger partial charge on any atom is -0.377 e. The smallest absolute Gasteiger partial charge is 0.322 e. The number of anilines is 1. The van der Waals surface area contributed by atoms with Crippen LogP contribution < -0.4 is 5.32 Å². The Labute approximate surface area is 157 Å². The number of aryl methyl sites for hydroxylation is 2. The number of carbonyl (C=O) groups excluding carboxylic acids is 1. The predicted octanol–water partition coefficient (Wildman–Crippen LogP) is 3.19. The van der Waals surface area contributed by atoms with Crippen LogP contribution in [0.1, 0.15) is 23.0 Å². The summed E-state index contributed by atoms with van der Waals surface area (Å²) in [6.45, 7) is 5.52. The lowest BCUT2D eigenvalue weighted by Crippen LogP contribution is -2.45. The van der Waals surface area contributed by atoms with E-state index in [1.54, 1.807) is 6.20 Å². The summed E-state index contributed by atoms with van der Waals surface area (Å²) in [5.41, 5.74) is 4.53. The third-order valence-corrected chi connectivity index (χ3v) is 5.16. The van der Waals surface area contributed by atoms with Gasteiger partial charge in [0.1, 0.15) is 0 Å². The van der Waals surface area contributed by atoms with Crippen LogP contribution in [0, 0.1) is 13.8 Å². The fourth-order valence-corrected chi connectivity index (χ4v) is 3.75. The van der Waals surface area contributed by atoms with Gasteiger partial charge >= 0.3 is 6.03 Å². The van der Waals surface area contributed by atoms with E-state index in [1.807, 2.05) is 60.8 Å². The van der Waals surface area contributed by atoms with Gasteiger partial charge in [0.25, 0.3) is 0 Å². The van der Waals surface area contributed by atoms with Crippen molar-refractivity contribution in [2.24, 2.45) is 7.05 Å². The highest BCUT2D eigenvalue weighted by Crippen LogP contribution is 2.30. The van der Waals surface area contributed by atoms with Crippen molar-refractivity contribution >= 4 is 22.6 Å². The summed E-state index contributed by atoms with van der Waals surface area (Å²) in [6.07, 6.45) is 1.73. The quantitative estimate of drug-likeness (QED) is 0.757. The Bertz CT molecular complexity index is 992. The topological polar surface area (TPSA) is 72.3 Å². The number of hydrogen-bond donors (Lipinski definition) is 1. The van der Waals surface area contributed by atoms with Crippen LogP contribution in [0.4, 0.5) is 10.5 Å². The van der Waals surface area contributed by atoms with Crippen molar-refractivity contribution in [3.05, 3.63) is 53.5 Å². The van der Waals surface area contributed by atoms with Crippen molar-refractivity contribution in [3.63, 3.8) is 0 Å². The number of para-hydroxylation sites is 1. The molecule has 0 bridgehead atoms. The molecule has 1 aliphatic rings. The molecule has 0 saturated carbocycles. The van der Waals surface area contributed by atoms with Gasteiger partial charge in [0, 0.05) is 36.4 Å². The summed E-state index contributed by atoms with van der Waals surface area (Å²) >= 11 is 0. The second kappa shape index (κ2) is 7.00. The third kappa shape index (κ3) is 3.14. The van der Waals surface area contributed by atoms with Gasteiger partial charge in [-0.05, 0) is 26.0 Å². The molecule has 7 heteroatoms. The van der Waals surface area contributed by atoms with Crippen molar-refractivity contribution in [2.45, 2.75) is 19.9 Å². The van der Waals surface area contributed by atoms with Gasteiger partial charge in [-0.25, -0.2) is 4.79 Å². The normalized spacial score (nSPS) is 17.3. The van der Waals surface area contributed by atoms with E-state index in [-0.39, 0.29) is 12.1 Å². The van der Waals surface area contributed by atoms with Crippen LogP contribution in [0.25, 0.3) is 10.9 Å². The maximum atomic E-state index is 13.1. The highest BCUT2D eigenvalue weighted by atomic mass is 16.5. The largest absolute Gasteiger partial charge is 0.377 e. The fourth-order valence-electron chi connectivity index (χ4n) is 3.75. The Balaban J connectivity index is 1.65. The molecule has 1 aromatic carbocycles. The fraction of sp³-hybridized carbons (Fsp3) is 0.350. The molecule has 2 aromatic heterocycles. The van der Waals surface area contributed by atoms with E-state index in [0.29, 0.717) is 25.4 Å². The van der Waals surface area contributed by atoms with E-state index >= 15 is 0 Å². The monoisotopic (exact) mass is 365 g/mol. The molecule has 1 atom stereocenters. The van der Waals surface area contributed by atoms with Gasteiger partial charge in [0.2, 0.25) is 0 Å². The first-order chi connectivity index (χ1) is 13.1. The third-order valence-electron chi connectivity index (χ3n) is 5.16. The highest BCUT2D eigenvalue weighted by molar-refractivity contribution is 5.99. The molecule has 140 valence electrons. The van der Waals surface area contributed by atoms with Crippen molar-refractivity contribution in [1.82, 2.24) is 19.7 Å². The molecule has 0 spiro atoms. The first kappa shape index (κ1) is 17.5. The minimum atomic E-state index is -0.157. The zero-order valence-electron chi connectivity index (χ0n) is 15.8. The summed E-state index contributed by atoms with van der Waals surface area (Å²) < 4.78 is 7.54. The summed E-state index contributed by atoms with van der Waals surface area (Å²) in [6, 6.07) is 9.35. The van der Waals surface area contributed by atoms with Gasteiger partial charge in [0.05, 0.1) is 36.2 Å². The molecule has 0 aliphatic carbocycles. The van der Waals surface area contributed by atoms with E-state index in [4.69, 9.17) is 4.74 Å². The number of fused-ring (bicyclic) bond motifs is 1. The van der Waals surface area contributed by atoms with Crippen LogP contribution in [0.2, 0.25) is 0 Å². The Kier molecular flexibility index (Phi) is 4.53. The molecule has 3 aromatic rings. The number of morpholine rings is 1. The summed E-state index contributed by atoms with van der Waals surface area (Å²) in [7, 11) is 1.92. The molecular formula is C20H23N5O2. The van der Waals surface area contributed by atoms with E-state index in [2.05, 4.69) is 15.4 Å². The molecular weight excluding hydrogens is 342 g/mol. The zero-order valence-corrected chi connectivity index (χ0v) is 15.8. The Morgan fingerprint density at radius 2 is 2.07 bits per heavy atom. The number of amides is 2. The number of hydrogen-bond acceptors (Lipinski definition) is 4. The van der Waals surface area contributed by atoms with E-state index < -0.39 is 0 Å². The number of nitrogens with one attached hydrogen (secondary N) is 1. The minimum absolute atomic E-state index is 0.149. The number of nitrogens with zero attached hydrogens (tertiary/aromatic N) is 4. The van der Waals surface area contributed by atoms with Gasteiger partial charge in [0.15, 0.2) is 0 Å². The molecule has 1 aliphatic heterocycles. The van der Waals surface area contributed by atoms with Gasteiger partial charge in [-0.3, -0.25) is 9.67 Å².